The zero-order valence-corrected chi connectivity index (χ0v) is 7.69. The zero-order valence-electron chi connectivity index (χ0n) is 5.23. The van der Waals surface area contributed by atoms with Gasteiger partial charge in [0, 0.05) is 39.7 Å². The molecule has 0 radical (unpaired) electrons. The monoisotopic (exact) mass is 192 g/mol. The maximum Gasteiger partial charge on any atom is 0.132 e. The van der Waals surface area contributed by atoms with Gasteiger partial charge in [-0.15, -0.1) is 0 Å². The third kappa shape index (κ3) is 9.72. The van der Waals surface area contributed by atoms with Crippen molar-refractivity contribution in [1.29, 1.82) is 0 Å². The molecule has 0 fully saturated rings. The third-order valence-electron chi connectivity index (χ3n) is 0.658. The van der Waals surface area contributed by atoms with Gasteiger partial charge in [0.05, 0.1) is 6.61 Å². The molecule has 0 spiro atoms. The Balaban J connectivity index is 0. The van der Waals surface area contributed by atoms with Crippen molar-refractivity contribution in [2.24, 2.45) is 0 Å². The van der Waals surface area contributed by atoms with Crippen LogP contribution in [0.4, 0.5) is 0 Å². The first kappa shape index (κ1) is 11.3. The van der Waals surface area contributed by atoms with Crippen LogP contribution in [0.1, 0.15) is 13.3 Å². The molecule has 2 nitrogen and oxygen atoms in total. The Kier molecular flexibility index (Phi) is 10.6. The van der Waals surface area contributed by atoms with Crippen LogP contribution in [-0.2, 0) is 35.7 Å². The van der Waals surface area contributed by atoms with Gasteiger partial charge < -0.3 is 4.74 Å². The Bertz CT molecular complexity index is 63.4. The molecule has 0 N–H and O–H groups in total. The van der Waals surface area contributed by atoms with Crippen molar-refractivity contribution < 1.29 is 35.7 Å². The van der Waals surface area contributed by atoms with Crippen molar-refractivity contribution >= 4 is 5.78 Å². The first-order valence-corrected chi connectivity index (χ1v) is 2.25. The van der Waals surface area contributed by atoms with Gasteiger partial charge in [0.15, 0.2) is 0 Å². The van der Waals surface area contributed by atoms with Gasteiger partial charge >= 0.3 is 0 Å². The second-order valence-corrected chi connectivity index (χ2v) is 1.44. The standard InChI is InChI=1S/C5H10O2.Zr/c1-5(6)3-4-7-2;/h3-4H2,1-2H3;. The van der Waals surface area contributed by atoms with Crippen LogP contribution in [0.25, 0.3) is 0 Å². The summed E-state index contributed by atoms with van der Waals surface area (Å²) in [4.78, 5) is 10.1. The van der Waals surface area contributed by atoms with E-state index in [-0.39, 0.29) is 32.0 Å². The van der Waals surface area contributed by atoms with Gasteiger partial charge in [0.25, 0.3) is 0 Å². The van der Waals surface area contributed by atoms with Crippen molar-refractivity contribution in [3.63, 3.8) is 0 Å². The average molecular weight is 193 g/mol. The molecule has 3 heteroatoms. The molecular formula is C5H10O2Zr. The number of carbonyl (C=O) groups excluding carboxylic acids is 1. The van der Waals surface area contributed by atoms with Crippen molar-refractivity contribution in [3.8, 4) is 0 Å². The van der Waals surface area contributed by atoms with Crippen LogP contribution < -0.4 is 0 Å². The molecular weight excluding hydrogens is 183 g/mol. The summed E-state index contributed by atoms with van der Waals surface area (Å²) in [5.74, 6) is 0.182. The second-order valence-electron chi connectivity index (χ2n) is 1.44. The zero-order chi connectivity index (χ0) is 5.70. The first-order valence-electron chi connectivity index (χ1n) is 2.25. The van der Waals surface area contributed by atoms with Gasteiger partial charge in [-0.2, -0.15) is 0 Å². The van der Waals surface area contributed by atoms with Crippen LogP contribution in [0.2, 0.25) is 0 Å². The van der Waals surface area contributed by atoms with Crippen molar-refractivity contribution in [2.75, 3.05) is 13.7 Å². The van der Waals surface area contributed by atoms with E-state index in [1.54, 1.807) is 14.0 Å². The van der Waals surface area contributed by atoms with Crippen molar-refractivity contribution in [3.05, 3.63) is 0 Å². The maximum absolute atomic E-state index is 10.1. The molecule has 0 aliphatic rings. The predicted molar refractivity (Wildman–Crippen MR) is 27.2 cm³/mol. The topological polar surface area (TPSA) is 26.3 Å². The predicted octanol–water partition coefficient (Wildman–Crippen LogP) is 0.609. The molecule has 0 amide bonds. The molecule has 0 saturated heterocycles. The maximum atomic E-state index is 10.1. The Morgan fingerprint density at radius 1 is 1.62 bits per heavy atom. The Morgan fingerprint density at radius 3 is 2.25 bits per heavy atom. The molecule has 0 unspecified atom stereocenters. The van der Waals surface area contributed by atoms with Crippen LogP contribution in [0.5, 0.6) is 0 Å². The van der Waals surface area contributed by atoms with Gasteiger partial charge in [-0.1, -0.05) is 0 Å². The van der Waals surface area contributed by atoms with E-state index in [2.05, 4.69) is 4.74 Å². The Morgan fingerprint density at radius 2 is 2.12 bits per heavy atom. The largest absolute Gasteiger partial charge is 0.384 e. The van der Waals surface area contributed by atoms with Gasteiger partial charge in [0.1, 0.15) is 5.78 Å². The second kappa shape index (κ2) is 7.51. The molecule has 0 aliphatic carbocycles. The number of methoxy groups -OCH3 is 1. The minimum atomic E-state index is 0. The number of carbonyl (C=O) groups is 1. The molecule has 0 bridgehead atoms. The minimum absolute atomic E-state index is 0. The molecule has 0 rings (SSSR count). The fourth-order valence-electron chi connectivity index (χ4n) is 0.246. The van der Waals surface area contributed by atoms with E-state index < -0.39 is 0 Å². The van der Waals surface area contributed by atoms with E-state index >= 15 is 0 Å². The summed E-state index contributed by atoms with van der Waals surface area (Å²) >= 11 is 0. The summed E-state index contributed by atoms with van der Waals surface area (Å²) in [6.07, 6.45) is 0.538. The molecule has 0 aromatic heterocycles. The quantitative estimate of drug-likeness (QED) is 0.656. The number of ether oxygens (including phenoxy) is 1. The van der Waals surface area contributed by atoms with Crippen LogP contribution in [0.15, 0.2) is 0 Å². The Hall–Kier alpha value is 0.513. The number of rotatable bonds is 3. The van der Waals surface area contributed by atoms with Gasteiger partial charge in [-0.05, 0) is 6.92 Å². The molecule has 0 saturated carbocycles. The van der Waals surface area contributed by atoms with E-state index in [1.165, 1.54) is 0 Å². The smallest absolute Gasteiger partial charge is 0.132 e. The summed E-state index contributed by atoms with van der Waals surface area (Å²) in [6.45, 7) is 2.11. The number of ketones is 1. The van der Waals surface area contributed by atoms with E-state index in [9.17, 15) is 4.79 Å². The van der Waals surface area contributed by atoms with Crippen molar-refractivity contribution in [1.82, 2.24) is 0 Å². The van der Waals surface area contributed by atoms with Crippen LogP contribution in [0, 0.1) is 0 Å². The molecule has 0 aliphatic heterocycles. The van der Waals surface area contributed by atoms with Gasteiger partial charge in [0.2, 0.25) is 0 Å². The summed E-state index contributed by atoms with van der Waals surface area (Å²) in [5, 5.41) is 0. The first-order chi connectivity index (χ1) is 3.27. The molecule has 8 heavy (non-hydrogen) atoms. The molecule has 0 atom stereocenters. The van der Waals surface area contributed by atoms with Crippen LogP contribution >= 0.6 is 0 Å². The van der Waals surface area contributed by atoms with Crippen LogP contribution in [0.3, 0.4) is 0 Å². The third-order valence-corrected chi connectivity index (χ3v) is 0.658. The molecule has 0 heterocycles. The minimum Gasteiger partial charge on any atom is -0.384 e. The summed E-state index contributed by atoms with van der Waals surface area (Å²) in [6, 6.07) is 0. The fraction of sp³-hybridized carbons (Fsp3) is 0.800. The normalized spacial score (nSPS) is 7.75. The van der Waals surface area contributed by atoms with E-state index in [0.29, 0.717) is 13.0 Å². The van der Waals surface area contributed by atoms with Gasteiger partial charge in [-0.25, -0.2) is 0 Å². The number of Topliss-reactive ketones (excluding diaryl/α,β-unsaturated/α-hetero) is 1. The van der Waals surface area contributed by atoms with E-state index in [1.807, 2.05) is 0 Å². The fourth-order valence-corrected chi connectivity index (χ4v) is 0.246. The summed E-state index contributed by atoms with van der Waals surface area (Å²) in [7, 11) is 1.59. The van der Waals surface area contributed by atoms with Crippen LogP contribution in [-0.4, -0.2) is 19.5 Å². The molecule has 46 valence electrons. The Labute approximate surface area is 68.7 Å². The summed E-state index contributed by atoms with van der Waals surface area (Å²) in [5.41, 5.74) is 0. The van der Waals surface area contributed by atoms with E-state index in [0.717, 1.165) is 0 Å². The summed E-state index contributed by atoms with van der Waals surface area (Å²) < 4.78 is 4.63. The number of hydrogen-bond donors (Lipinski definition) is 0. The van der Waals surface area contributed by atoms with Gasteiger partial charge in [-0.3, -0.25) is 4.79 Å². The molecule has 0 aromatic rings. The number of hydrogen-bond acceptors (Lipinski definition) is 2. The van der Waals surface area contributed by atoms with E-state index in [4.69, 9.17) is 0 Å². The average Bonchev–Trinajstić information content (AvgIpc) is 1.61. The SMILES string of the molecule is COCCC(C)=O.[Zr]. The molecule has 0 aromatic carbocycles. The van der Waals surface area contributed by atoms with Crippen molar-refractivity contribution in [2.45, 2.75) is 13.3 Å².